The lowest BCUT2D eigenvalue weighted by Gasteiger charge is -2.30. The van der Waals surface area contributed by atoms with Crippen molar-refractivity contribution in [2.75, 3.05) is 6.54 Å². The van der Waals surface area contributed by atoms with Crippen molar-refractivity contribution < 1.29 is 4.79 Å². The second kappa shape index (κ2) is 6.53. The molecule has 2 aromatic heterocycles. The first kappa shape index (κ1) is 17.8. The molecule has 0 fully saturated rings. The number of nitrogens with two attached hydrogens (primary N) is 1. The van der Waals surface area contributed by atoms with E-state index in [1.807, 2.05) is 29.3 Å². The second-order valence-electron chi connectivity index (χ2n) is 8.46. The van der Waals surface area contributed by atoms with E-state index in [1.54, 1.807) is 0 Å². The van der Waals surface area contributed by atoms with E-state index in [-0.39, 0.29) is 11.3 Å². The van der Waals surface area contributed by atoms with E-state index in [0.717, 1.165) is 39.8 Å². The Bertz CT molecular complexity index is 978. The van der Waals surface area contributed by atoms with Crippen LogP contribution in [0.25, 0.3) is 10.9 Å². The van der Waals surface area contributed by atoms with Gasteiger partial charge in [-0.3, -0.25) is 9.89 Å². The smallest absolute Gasteiger partial charge is 0.240 e. The third-order valence-electron chi connectivity index (χ3n) is 5.39. The molecular formula is C21H27N5O. The van der Waals surface area contributed by atoms with Gasteiger partial charge in [-0.25, -0.2) is 0 Å². The minimum absolute atomic E-state index is 0.00647. The first-order valence-electron chi connectivity index (χ1n) is 9.50. The molecule has 1 aliphatic rings. The van der Waals surface area contributed by atoms with Gasteiger partial charge in [0.05, 0.1) is 11.7 Å². The topological polar surface area (TPSA) is 90.8 Å². The van der Waals surface area contributed by atoms with Crippen LogP contribution in [0.5, 0.6) is 0 Å². The van der Waals surface area contributed by atoms with Gasteiger partial charge in [-0.05, 0) is 18.1 Å². The highest BCUT2D eigenvalue weighted by Gasteiger charge is 2.31. The minimum Gasteiger partial charge on any atom is -0.361 e. The predicted octanol–water partition coefficient (Wildman–Crippen LogP) is 2.64. The molecule has 6 heteroatoms. The van der Waals surface area contributed by atoms with Crippen LogP contribution < -0.4 is 5.73 Å². The number of aromatic amines is 2. The molecule has 0 spiro atoms. The summed E-state index contributed by atoms with van der Waals surface area (Å²) in [7, 11) is 0. The number of fused-ring (bicyclic) bond motifs is 2. The Morgan fingerprint density at radius 3 is 2.89 bits per heavy atom. The molecule has 0 radical (unpaired) electrons. The summed E-state index contributed by atoms with van der Waals surface area (Å²) in [6.07, 6.45) is 3.29. The zero-order chi connectivity index (χ0) is 19.2. The van der Waals surface area contributed by atoms with Gasteiger partial charge in [0.25, 0.3) is 0 Å². The van der Waals surface area contributed by atoms with Gasteiger partial charge < -0.3 is 15.6 Å². The number of aromatic nitrogens is 3. The molecule has 4 N–H and O–H groups in total. The molecule has 6 nitrogen and oxygen atoms in total. The van der Waals surface area contributed by atoms with Gasteiger partial charge in [-0.15, -0.1) is 0 Å². The average Bonchev–Trinajstić information content (AvgIpc) is 3.24. The zero-order valence-electron chi connectivity index (χ0n) is 16.2. The number of carbonyl (C=O) groups is 1. The number of para-hydroxylation sites is 1. The summed E-state index contributed by atoms with van der Waals surface area (Å²) in [6, 6.07) is 7.55. The Balaban J connectivity index is 1.51. The van der Waals surface area contributed by atoms with Crippen molar-refractivity contribution in [3.05, 3.63) is 53.0 Å². The monoisotopic (exact) mass is 365 g/mol. The summed E-state index contributed by atoms with van der Waals surface area (Å²) in [5, 5.41) is 8.79. The molecule has 0 aliphatic carbocycles. The average molecular weight is 365 g/mol. The molecule has 0 unspecified atom stereocenters. The molecule has 3 heterocycles. The van der Waals surface area contributed by atoms with Crippen molar-refractivity contribution in [3.8, 4) is 0 Å². The lowest BCUT2D eigenvalue weighted by atomic mass is 9.87. The number of nitrogens with one attached hydrogen (secondary N) is 2. The summed E-state index contributed by atoms with van der Waals surface area (Å²) < 4.78 is 0. The largest absolute Gasteiger partial charge is 0.361 e. The molecule has 0 saturated heterocycles. The van der Waals surface area contributed by atoms with Gasteiger partial charge in [0.1, 0.15) is 0 Å². The summed E-state index contributed by atoms with van der Waals surface area (Å²) in [5.74, 6) is 0.00647. The number of nitrogens with zero attached hydrogens (tertiary/aromatic N) is 2. The SMILES string of the molecule is CC(C)(C)c1n[nH]c2c1CN(C(=O)[C@H](N)Cc1c[nH]c3ccccc13)CC2. The van der Waals surface area contributed by atoms with Crippen LogP contribution in [0.4, 0.5) is 0 Å². The van der Waals surface area contributed by atoms with Gasteiger partial charge >= 0.3 is 0 Å². The Morgan fingerprint density at radius 2 is 2.11 bits per heavy atom. The van der Waals surface area contributed by atoms with Crippen molar-refractivity contribution >= 4 is 16.8 Å². The van der Waals surface area contributed by atoms with Gasteiger partial charge in [-0.2, -0.15) is 5.10 Å². The third kappa shape index (κ3) is 3.25. The molecule has 1 aliphatic heterocycles. The molecule has 0 saturated carbocycles. The fourth-order valence-corrected chi connectivity index (χ4v) is 3.96. The van der Waals surface area contributed by atoms with Crippen molar-refractivity contribution in [1.82, 2.24) is 20.1 Å². The maximum atomic E-state index is 13.0. The van der Waals surface area contributed by atoms with Crippen molar-refractivity contribution in [2.24, 2.45) is 5.73 Å². The van der Waals surface area contributed by atoms with Crippen LogP contribution in [0.2, 0.25) is 0 Å². The number of rotatable bonds is 3. The van der Waals surface area contributed by atoms with Gasteiger partial charge in [0.15, 0.2) is 0 Å². The van der Waals surface area contributed by atoms with Crippen LogP contribution in [0.15, 0.2) is 30.5 Å². The molecule has 0 bridgehead atoms. The summed E-state index contributed by atoms with van der Waals surface area (Å²) in [6.45, 7) is 7.70. The van der Waals surface area contributed by atoms with Crippen LogP contribution in [0, 0.1) is 0 Å². The first-order chi connectivity index (χ1) is 12.8. The highest BCUT2D eigenvalue weighted by molar-refractivity contribution is 5.86. The highest BCUT2D eigenvalue weighted by atomic mass is 16.2. The minimum atomic E-state index is -0.546. The van der Waals surface area contributed by atoms with Crippen LogP contribution in [-0.2, 0) is 29.6 Å². The van der Waals surface area contributed by atoms with E-state index in [4.69, 9.17) is 5.73 Å². The first-order valence-corrected chi connectivity index (χ1v) is 9.50. The molecule has 1 aromatic carbocycles. The number of hydrogen-bond acceptors (Lipinski definition) is 3. The van der Waals surface area contributed by atoms with Crippen LogP contribution in [0.3, 0.4) is 0 Å². The zero-order valence-corrected chi connectivity index (χ0v) is 16.2. The van der Waals surface area contributed by atoms with Gasteiger partial charge in [-0.1, -0.05) is 39.0 Å². The molecule has 27 heavy (non-hydrogen) atoms. The molecule has 1 atom stereocenters. The second-order valence-corrected chi connectivity index (χ2v) is 8.46. The standard InChI is InChI=1S/C21H27N5O/c1-21(2,3)19-15-12-26(9-8-18(15)24-25-19)20(27)16(22)10-13-11-23-17-7-5-4-6-14(13)17/h4-7,11,16,23H,8-10,12,22H2,1-3H3,(H,24,25)/t16-/m1/s1. The molecule has 142 valence electrons. The number of hydrogen-bond donors (Lipinski definition) is 3. The number of amides is 1. The Kier molecular flexibility index (Phi) is 4.30. The Hall–Kier alpha value is -2.60. The normalized spacial score (nSPS) is 15.8. The van der Waals surface area contributed by atoms with E-state index in [1.165, 1.54) is 0 Å². The number of carbonyl (C=O) groups excluding carboxylic acids is 1. The van der Waals surface area contributed by atoms with Crippen molar-refractivity contribution in [3.63, 3.8) is 0 Å². The van der Waals surface area contributed by atoms with E-state index < -0.39 is 6.04 Å². The maximum Gasteiger partial charge on any atom is 0.240 e. The fraction of sp³-hybridized carbons (Fsp3) is 0.429. The van der Waals surface area contributed by atoms with Crippen molar-refractivity contribution in [2.45, 2.75) is 51.6 Å². The number of benzene rings is 1. The Morgan fingerprint density at radius 1 is 1.33 bits per heavy atom. The highest BCUT2D eigenvalue weighted by Crippen LogP contribution is 2.29. The van der Waals surface area contributed by atoms with Crippen LogP contribution in [-0.4, -0.2) is 38.6 Å². The van der Waals surface area contributed by atoms with Crippen LogP contribution in [0.1, 0.15) is 43.3 Å². The molecule has 3 aromatic rings. The summed E-state index contributed by atoms with van der Waals surface area (Å²) in [5.41, 5.74) is 11.8. The summed E-state index contributed by atoms with van der Waals surface area (Å²) in [4.78, 5) is 18.1. The fourth-order valence-electron chi connectivity index (χ4n) is 3.96. The maximum absolute atomic E-state index is 13.0. The lowest BCUT2D eigenvalue weighted by molar-refractivity contribution is -0.133. The van der Waals surface area contributed by atoms with Gasteiger partial charge in [0, 0.05) is 53.3 Å². The van der Waals surface area contributed by atoms with E-state index in [2.05, 4.69) is 42.0 Å². The quantitative estimate of drug-likeness (QED) is 0.666. The number of H-pyrrole nitrogens is 2. The van der Waals surface area contributed by atoms with Crippen molar-refractivity contribution in [1.29, 1.82) is 0 Å². The van der Waals surface area contributed by atoms with E-state index in [0.29, 0.717) is 19.5 Å². The summed E-state index contributed by atoms with van der Waals surface area (Å²) >= 11 is 0. The Labute approximate surface area is 159 Å². The van der Waals surface area contributed by atoms with E-state index >= 15 is 0 Å². The molecular weight excluding hydrogens is 338 g/mol. The third-order valence-corrected chi connectivity index (χ3v) is 5.39. The van der Waals surface area contributed by atoms with Gasteiger partial charge in [0.2, 0.25) is 5.91 Å². The van der Waals surface area contributed by atoms with Crippen LogP contribution >= 0.6 is 0 Å². The molecule has 1 amide bonds. The predicted molar refractivity (Wildman–Crippen MR) is 106 cm³/mol. The lowest BCUT2D eigenvalue weighted by Crippen LogP contribution is -2.47. The molecule has 4 rings (SSSR count). The van der Waals surface area contributed by atoms with E-state index in [9.17, 15) is 4.79 Å².